The van der Waals surface area contributed by atoms with Crippen molar-refractivity contribution in [3.05, 3.63) is 81.9 Å². The van der Waals surface area contributed by atoms with Gasteiger partial charge in [-0.1, -0.05) is 23.5 Å². The van der Waals surface area contributed by atoms with Gasteiger partial charge >= 0.3 is 5.91 Å². The fourth-order valence-corrected chi connectivity index (χ4v) is 4.46. The molecule has 1 fully saturated rings. The molecule has 4 rings (SSSR count). The molecule has 0 spiro atoms. The molecule has 1 atom stereocenters. The smallest absolute Gasteiger partial charge is 0.301 e. The Morgan fingerprint density at radius 3 is 2.35 bits per heavy atom. The number of aromatic nitrogens is 2. The van der Waals surface area contributed by atoms with Crippen LogP contribution in [0.1, 0.15) is 39.5 Å². The number of hydrogen-bond donors (Lipinski definition) is 1. The molecule has 1 saturated heterocycles. The van der Waals surface area contributed by atoms with Crippen LogP contribution >= 0.6 is 11.3 Å². The number of aliphatic hydroxyl groups excluding tert-OH is 1. The van der Waals surface area contributed by atoms with Gasteiger partial charge in [0.1, 0.15) is 11.6 Å². The molecule has 2 aromatic heterocycles. The van der Waals surface area contributed by atoms with Gasteiger partial charge in [-0.15, -0.1) is 0 Å². The summed E-state index contributed by atoms with van der Waals surface area (Å²) in [6, 6.07) is 7.25. The molecule has 9 heteroatoms. The van der Waals surface area contributed by atoms with E-state index in [9.17, 15) is 23.9 Å². The van der Waals surface area contributed by atoms with Crippen LogP contribution < -0.4 is 4.90 Å². The van der Waals surface area contributed by atoms with Crippen molar-refractivity contribution in [2.75, 3.05) is 4.90 Å². The van der Waals surface area contributed by atoms with Crippen molar-refractivity contribution in [3.8, 4) is 0 Å². The first kappa shape index (κ1) is 20.5. The number of nitrogens with zero attached hydrogens (tertiary/aromatic N) is 3. The highest BCUT2D eigenvalue weighted by Gasteiger charge is 2.48. The number of amides is 1. The average Bonchev–Trinajstić information content (AvgIpc) is 3.26. The fourth-order valence-electron chi connectivity index (χ4n) is 3.47. The van der Waals surface area contributed by atoms with E-state index >= 15 is 0 Å². The Morgan fingerprint density at radius 1 is 1.13 bits per heavy atom. The van der Waals surface area contributed by atoms with Crippen molar-refractivity contribution in [1.29, 1.82) is 0 Å². The van der Waals surface area contributed by atoms with Crippen LogP contribution in [0.15, 0.2) is 54.4 Å². The number of pyridine rings is 1. The van der Waals surface area contributed by atoms with Crippen LogP contribution in [0.3, 0.4) is 0 Å². The molecular weight excluding hydrogens is 421 g/mol. The summed E-state index contributed by atoms with van der Waals surface area (Å²) in [6.45, 7) is 3.02. The topological polar surface area (TPSA) is 100 Å². The molecule has 1 unspecified atom stereocenters. The second kappa shape index (κ2) is 7.84. The van der Waals surface area contributed by atoms with Gasteiger partial charge in [0.05, 0.1) is 22.2 Å². The van der Waals surface area contributed by atoms with E-state index < -0.39 is 23.5 Å². The Hall–Kier alpha value is -3.72. The molecule has 0 radical (unpaired) electrons. The van der Waals surface area contributed by atoms with Crippen molar-refractivity contribution >= 4 is 39.7 Å². The second-order valence-electron chi connectivity index (χ2n) is 6.92. The highest BCUT2D eigenvalue weighted by Crippen LogP contribution is 2.43. The lowest BCUT2D eigenvalue weighted by atomic mass is 9.95. The number of carbonyl (C=O) groups is 3. The minimum absolute atomic E-state index is 0.146. The lowest BCUT2D eigenvalue weighted by Crippen LogP contribution is -2.29. The molecule has 3 heterocycles. The number of thiazole rings is 1. The van der Waals surface area contributed by atoms with E-state index in [1.807, 2.05) is 0 Å². The number of halogens is 1. The van der Waals surface area contributed by atoms with E-state index in [-0.39, 0.29) is 22.2 Å². The number of rotatable bonds is 4. The zero-order chi connectivity index (χ0) is 22.3. The van der Waals surface area contributed by atoms with Gasteiger partial charge in [-0.25, -0.2) is 9.37 Å². The quantitative estimate of drug-likeness (QED) is 0.288. The van der Waals surface area contributed by atoms with Gasteiger partial charge in [0, 0.05) is 24.9 Å². The normalized spacial score (nSPS) is 17.9. The Kier molecular flexibility index (Phi) is 5.20. The molecular formula is C22H16FN3O4S. The monoisotopic (exact) mass is 437 g/mol. The largest absolute Gasteiger partial charge is 0.507 e. The lowest BCUT2D eigenvalue weighted by molar-refractivity contribution is -0.132. The van der Waals surface area contributed by atoms with Crippen LogP contribution in [0.25, 0.3) is 5.76 Å². The first-order valence-electron chi connectivity index (χ1n) is 9.24. The first-order chi connectivity index (χ1) is 14.8. The highest BCUT2D eigenvalue weighted by molar-refractivity contribution is 7.18. The van der Waals surface area contributed by atoms with Gasteiger partial charge in [0.25, 0.3) is 5.78 Å². The number of Topliss-reactive ketones (excluding diaryl/α,β-unsaturated/α-hetero) is 2. The molecule has 1 amide bonds. The Bertz CT molecular complexity index is 1240. The summed E-state index contributed by atoms with van der Waals surface area (Å²) < 4.78 is 13.5. The van der Waals surface area contributed by atoms with E-state index in [2.05, 4.69) is 9.97 Å². The number of hydrogen-bond acceptors (Lipinski definition) is 7. The number of ketones is 2. The summed E-state index contributed by atoms with van der Waals surface area (Å²) >= 11 is 0.986. The third-order valence-corrected chi connectivity index (χ3v) is 6.15. The summed E-state index contributed by atoms with van der Waals surface area (Å²) in [6.07, 6.45) is 2.89. The van der Waals surface area contributed by atoms with Crippen LogP contribution in [0.2, 0.25) is 0 Å². The fraction of sp³-hybridized carbons (Fsp3) is 0.136. The zero-order valence-corrected chi connectivity index (χ0v) is 17.3. The number of aliphatic hydroxyl groups is 1. The Balaban J connectivity index is 1.95. The molecule has 0 saturated carbocycles. The summed E-state index contributed by atoms with van der Waals surface area (Å²) in [4.78, 5) is 47.6. The maximum Gasteiger partial charge on any atom is 0.301 e. The molecule has 31 heavy (non-hydrogen) atoms. The molecule has 1 N–H and O–H groups in total. The Morgan fingerprint density at radius 2 is 1.77 bits per heavy atom. The van der Waals surface area contributed by atoms with Crippen LogP contribution in [0.4, 0.5) is 9.52 Å². The summed E-state index contributed by atoms with van der Waals surface area (Å²) in [7, 11) is 0. The highest BCUT2D eigenvalue weighted by atomic mass is 32.1. The second-order valence-corrected chi connectivity index (χ2v) is 7.90. The maximum absolute atomic E-state index is 13.5. The SMILES string of the molecule is CC(=O)c1sc(N2C(=O)C(=O)C(=C(O)c3ccncc3)C2c2ccc(F)cc2)nc1C. The van der Waals surface area contributed by atoms with Crippen LogP contribution in [0, 0.1) is 12.7 Å². The predicted molar refractivity (Wildman–Crippen MR) is 112 cm³/mol. The van der Waals surface area contributed by atoms with Gasteiger partial charge in [0.15, 0.2) is 10.9 Å². The summed E-state index contributed by atoms with van der Waals surface area (Å²) in [5, 5.41) is 11.1. The first-order valence-corrected chi connectivity index (χ1v) is 10.1. The minimum Gasteiger partial charge on any atom is -0.507 e. The van der Waals surface area contributed by atoms with Crippen molar-refractivity contribution in [3.63, 3.8) is 0 Å². The van der Waals surface area contributed by atoms with Crippen LogP contribution in [-0.4, -0.2) is 32.5 Å². The molecule has 1 aliphatic rings. The lowest BCUT2D eigenvalue weighted by Gasteiger charge is -2.23. The zero-order valence-electron chi connectivity index (χ0n) is 16.5. The van der Waals surface area contributed by atoms with E-state index in [0.29, 0.717) is 21.7 Å². The standard InChI is InChI=1S/C22H16FN3O4S/c1-11-20(12(2)27)31-22(25-11)26-17(13-3-5-15(23)6-4-13)16(19(29)21(26)30)18(28)14-7-9-24-10-8-14/h3-10,17,28H,1-2H3. The molecule has 1 aliphatic heterocycles. The molecule has 0 aliphatic carbocycles. The summed E-state index contributed by atoms with van der Waals surface area (Å²) in [5.41, 5.74) is 0.995. The average molecular weight is 437 g/mol. The van der Waals surface area contributed by atoms with Gasteiger partial charge in [0.2, 0.25) is 0 Å². The molecule has 0 bridgehead atoms. The number of carbonyl (C=O) groups excluding carboxylic acids is 3. The number of aryl methyl sites for hydroxylation is 1. The van der Waals surface area contributed by atoms with Crippen molar-refractivity contribution in [1.82, 2.24) is 9.97 Å². The van der Waals surface area contributed by atoms with Crippen molar-refractivity contribution in [2.24, 2.45) is 0 Å². The van der Waals surface area contributed by atoms with E-state index in [1.165, 1.54) is 55.7 Å². The van der Waals surface area contributed by atoms with E-state index in [4.69, 9.17) is 0 Å². The van der Waals surface area contributed by atoms with Crippen LogP contribution in [0.5, 0.6) is 0 Å². The van der Waals surface area contributed by atoms with E-state index in [1.54, 1.807) is 6.92 Å². The third kappa shape index (κ3) is 3.53. The number of anilines is 1. The summed E-state index contributed by atoms with van der Waals surface area (Å²) in [5.74, 6) is -2.88. The van der Waals surface area contributed by atoms with E-state index in [0.717, 1.165) is 16.2 Å². The maximum atomic E-state index is 13.5. The van der Waals surface area contributed by atoms with Crippen molar-refractivity contribution in [2.45, 2.75) is 19.9 Å². The predicted octanol–water partition coefficient (Wildman–Crippen LogP) is 3.81. The van der Waals surface area contributed by atoms with Crippen LogP contribution in [-0.2, 0) is 9.59 Å². The third-order valence-electron chi connectivity index (χ3n) is 4.90. The number of benzene rings is 1. The van der Waals surface area contributed by atoms with Gasteiger partial charge < -0.3 is 5.11 Å². The minimum atomic E-state index is -1.04. The van der Waals surface area contributed by atoms with Crippen molar-refractivity contribution < 1.29 is 23.9 Å². The molecule has 1 aromatic carbocycles. The van der Waals surface area contributed by atoms with Gasteiger partial charge in [-0.2, -0.15) is 0 Å². The van der Waals surface area contributed by atoms with Gasteiger partial charge in [-0.3, -0.25) is 24.3 Å². The van der Waals surface area contributed by atoms with Gasteiger partial charge in [-0.05, 0) is 36.8 Å². The molecule has 3 aromatic rings. The molecule has 7 nitrogen and oxygen atoms in total. The Labute approximate surface area is 180 Å². The molecule has 156 valence electrons.